The van der Waals surface area contributed by atoms with E-state index < -0.39 is 11.7 Å². The fourth-order valence-corrected chi connectivity index (χ4v) is 0.977. The van der Waals surface area contributed by atoms with Crippen LogP contribution in [0.4, 0.5) is 13.2 Å². The van der Waals surface area contributed by atoms with Crippen molar-refractivity contribution >= 4 is 6.21 Å². The van der Waals surface area contributed by atoms with Gasteiger partial charge in [0.05, 0.1) is 11.8 Å². The monoisotopic (exact) mass is 216 g/mol. The third-order valence-electron chi connectivity index (χ3n) is 1.65. The average molecular weight is 216 g/mol. The maximum atomic E-state index is 12.3. The molecular weight excluding hydrogens is 205 g/mol. The molecule has 0 N–H and O–H groups in total. The highest BCUT2D eigenvalue weighted by atomic mass is 19.4. The summed E-state index contributed by atoms with van der Waals surface area (Å²) in [6, 6.07) is 5.03. The van der Waals surface area contributed by atoms with Gasteiger partial charge >= 0.3 is 6.18 Å². The lowest BCUT2D eigenvalue weighted by Gasteiger charge is -2.07. The highest BCUT2D eigenvalue weighted by Gasteiger charge is 2.30. The van der Waals surface area contributed by atoms with E-state index >= 15 is 0 Å². The van der Waals surface area contributed by atoms with Gasteiger partial charge in [0.15, 0.2) is 0 Å². The van der Waals surface area contributed by atoms with Gasteiger partial charge in [0.2, 0.25) is 0 Å². The summed E-state index contributed by atoms with van der Waals surface area (Å²) in [5, 5.41) is 5.37. The van der Waals surface area contributed by atoms with E-state index in [4.69, 9.17) is 0 Å². The molecule has 0 heterocycles. The minimum Gasteiger partial charge on any atom is -0.303 e. The summed E-state index contributed by atoms with van der Waals surface area (Å²) in [5.74, 6) is 0. The Kier molecular flexibility index (Phi) is 3.34. The van der Waals surface area contributed by atoms with Gasteiger partial charge in [0.1, 0.15) is 0 Å². The summed E-state index contributed by atoms with van der Waals surface area (Å²) in [6.45, 7) is 0. The number of alkyl halides is 3. The number of rotatable bonds is 2. The summed E-state index contributed by atoms with van der Waals surface area (Å²) < 4.78 is 36.9. The van der Waals surface area contributed by atoms with E-state index in [9.17, 15) is 13.2 Å². The van der Waals surface area contributed by atoms with Crippen molar-refractivity contribution in [1.82, 2.24) is 5.01 Å². The summed E-state index contributed by atoms with van der Waals surface area (Å²) in [7, 11) is 3.40. The molecule has 0 bridgehead atoms. The Balaban J connectivity index is 2.93. The first-order chi connectivity index (χ1) is 6.89. The standard InChI is InChI=1S/C10H11F3N2/c1-15(2)14-7-8-4-3-5-9(6-8)10(11,12)13/h3-7H,1-2H3/b14-7+. The van der Waals surface area contributed by atoms with Crippen LogP contribution in [0.15, 0.2) is 29.4 Å². The van der Waals surface area contributed by atoms with Gasteiger partial charge in [-0.1, -0.05) is 12.1 Å². The molecule has 1 aromatic rings. The predicted octanol–water partition coefficient (Wildman–Crippen LogP) is 2.60. The third-order valence-corrected chi connectivity index (χ3v) is 1.65. The van der Waals surface area contributed by atoms with Crippen LogP contribution in [-0.2, 0) is 6.18 Å². The van der Waals surface area contributed by atoms with Crippen molar-refractivity contribution in [2.24, 2.45) is 5.10 Å². The van der Waals surface area contributed by atoms with Crippen LogP contribution in [0.5, 0.6) is 0 Å². The van der Waals surface area contributed by atoms with Crippen molar-refractivity contribution in [2.45, 2.75) is 6.18 Å². The zero-order chi connectivity index (χ0) is 11.5. The Morgan fingerprint density at radius 3 is 2.47 bits per heavy atom. The van der Waals surface area contributed by atoms with Gasteiger partial charge in [-0.3, -0.25) is 0 Å². The van der Waals surface area contributed by atoms with Crippen molar-refractivity contribution in [2.75, 3.05) is 14.1 Å². The van der Waals surface area contributed by atoms with Crippen LogP contribution >= 0.6 is 0 Å². The minimum absolute atomic E-state index is 0.429. The van der Waals surface area contributed by atoms with Crippen molar-refractivity contribution in [3.63, 3.8) is 0 Å². The minimum atomic E-state index is -4.30. The fraction of sp³-hybridized carbons (Fsp3) is 0.300. The average Bonchev–Trinajstić information content (AvgIpc) is 2.14. The van der Waals surface area contributed by atoms with Crippen LogP contribution in [0.2, 0.25) is 0 Å². The van der Waals surface area contributed by atoms with Gasteiger partial charge in [-0.15, -0.1) is 0 Å². The van der Waals surface area contributed by atoms with Gasteiger partial charge in [-0.05, 0) is 17.7 Å². The smallest absolute Gasteiger partial charge is 0.303 e. The van der Waals surface area contributed by atoms with Gasteiger partial charge in [0.25, 0.3) is 0 Å². The molecule has 0 aliphatic carbocycles. The molecule has 0 aliphatic rings. The Labute approximate surface area is 86.0 Å². The van der Waals surface area contributed by atoms with Crippen molar-refractivity contribution in [1.29, 1.82) is 0 Å². The third kappa shape index (κ3) is 3.61. The molecule has 82 valence electrons. The van der Waals surface area contributed by atoms with Crippen LogP contribution in [0.3, 0.4) is 0 Å². The van der Waals surface area contributed by atoms with Gasteiger partial charge < -0.3 is 5.01 Å². The molecule has 5 heteroatoms. The van der Waals surface area contributed by atoms with Crippen LogP contribution in [0, 0.1) is 0 Å². The molecule has 0 saturated carbocycles. The van der Waals surface area contributed by atoms with E-state index in [1.165, 1.54) is 17.3 Å². The fourth-order valence-electron chi connectivity index (χ4n) is 0.977. The maximum absolute atomic E-state index is 12.3. The summed E-state index contributed by atoms with van der Waals surface area (Å²) in [6.07, 6.45) is -2.92. The molecule has 0 saturated heterocycles. The highest BCUT2D eigenvalue weighted by Crippen LogP contribution is 2.29. The first kappa shape index (κ1) is 11.6. The second-order valence-electron chi connectivity index (χ2n) is 3.22. The number of hydrogen-bond acceptors (Lipinski definition) is 2. The molecular formula is C10H11F3N2. The first-order valence-electron chi connectivity index (χ1n) is 4.28. The topological polar surface area (TPSA) is 15.6 Å². The zero-order valence-corrected chi connectivity index (χ0v) is 8.42. The van der Waals surface area contributed by atoms with E-state index in [0.717, 1.165) is 12.1 Å². The van der Waals surface area contributed by atoms with Crippen molar-refractivity contribution in [3.05, 3.63) is 35.4 Å². The summed E-state index contributed by atoms with van der Waals surface area (Å²) in [5.41, 5.74) is -0.233. The number of hydrazone groups is 1. The van der Waals surface area contributed by atoms with E-state index in [1.54, 1.807) is 20.2 Å². The van der Waals surface area contributed by atoms with E-state index in [1.807, 2.05) is 0 Å². The number of nitrogens with zero attached hydrogens (tertiary/aromatic N) is 2. The molecule has 0 fully saturated rings. The SMILES string of the molecule is CN(C)/N=C/c1cccc(C(F)(F)F)c1. The number of benzene rings is 1. The lowest BCUT2D eigenvalue weighted by molar-refractivity contribution is -0.137. The van der Waals surface area contributed by atoms with Gasteiger partial charge in [-0.2, -0.15) is 18.3 Å². The molecule has 0 aliphatic heterocycles. The predicted molar refractivity (Wildman–Crippen MR) is 52.7 cm³/mol. The number of hydrogen-bond donors (Lipinski definition) is 0. The van der Waals surface area contributed by atoms with Gasteiger partial charge in [0, 0.05) is 14.1 Å². The molecule has 0 spiro atoms. The molecule has 0 amide bonds. The molecule has 1 rings (SSSR count). The van der Waals surface area contributed by atoms with Crippen LogP contribution in [-0.4, -0.2) is 25.3 Å². The molecule has 15 heavy (non-hydrogen) atoms. The molecule has 0 atom stereocenters. The van der Waals surface area contributed by atoms with E-state index in [2.05, 4.69) is 5.10 Å². The lowest BCUT2D eigenvalue weighted by Crippen LogP contribution is -2.06. The summed E-state index contributed by atoms with van der Waals surface area (Å²) in [4.78, 5) is 0. The Hall–Kier alpha value is -1.52. The Bertz CT molecular complexity index is 356. The normalized spacial score (nSPS) is 12.1. The zero-order valence-electron chi connectivity index (χ0n) is 8.42. The summed E-state index contributed by atoms with van der Waals surface area (Å²) >= 11 is 0. The van der Waals surface area contributed by atoms with Crippen molar-refractivity contribution < 1.29 is 13.2 Å². The molecule has 0 unspecified atom stereocenters. The van der Waals surface area contributed by atoms with Crippen LogP contribution in [0.25, 0.3) is 0 Å². The highest BCUT2D eigenvalue weighted by molar-refractivity contribution is 5.79. The lowest BCUT2D eigenvalue weighted by atomic mass is 10.1. The van der Waals surface area contributed by atoms with Crippen molar-refractivity contribution in [3.8, 4) is 0 Å². The van der Waals surface area contributed by atoms with Gasteiger partial charge in [-0.25, -0.2) is 0 Å². The van der Waals surface area contributed by atoms with E-state index in [-0.39, 0.29) is 0 Å². The Morgan fingerprint density at radius 2 is 1.93 bits per heavy atom. The number of halogens is 3. The second kappa shape index (κ2) is 4.33. The molecule has 1 aromatic carbocycles. The van der Waals surface area contributed by atoms with Crippen LogP contribution < -0.4 is 0 Å². The first-order valence-corrected chi connectivity index (χ1v) is 4.28. The van der Waals surface area contributed by atoms with E-state index in [0.29, 0.717) is 5.56 Å². The Morgan fingerprint density at radius 1 is 1.27 bits per heavy atom. The quantitative estimate of drug-likeness (QED) is 0.548. The van der Waals surface area contributed by atoms with Crippen LogP contribution in [0.1, 0.15) is 11.1 Å². The molecule has 0 radical (unpaired) electrons. The largest absolute Gasteiger partial charge is 0.416 e. The molecule has 2 nitrogen and oxygen atoms in total. The second-order valence-corrected chi connectivity index (χ2v) is 3.22. The molecule has 0 aromatic heterocycles. The maximum Gasteiger partial charge on any atom is 0.416 e.